The van der Waals surface area contributed by atoms with E-state index in [2.05, 4.69) is 36.3 Å². The summed E-state index contributed by atoms with van der Waals surface area (Å²) in [6, 6.07) is 0.791. The lowest BCUT2D eigenvalue weighted by Gasteiger charge is -2.18. The van der Waals surface area contributed by atoms with E-state index in [1.165, 1.54) is 45.3 Å². The smallest absolute Gasteiger partial charge is 0.00797 e. The lowest BCUT2D eigenvalue weighted by molar-refractivity contribution is 0.318. The fraction of sp³-hybridized carbons (Fsp3) is 0.833. The molecule has 1 heterocycles. The Bertz CT molecular complexity index is 160. The average molecular weight is 196 g/mol. The Morgan fingerprint density at radius 3 is 2.93 bits per heavy atom. The van der Waals surface area contributed by atoms with E-state index in [-0.39, 0.29) is 0 Å². The van der Waals surface area contributed by atoms with Gasteiger partial charge in [0.2, 0.25) is 0 Å². The van der Waals surface area contributed by atoms with Crippen LogP contribution in [-0.2, 0) is 0 Å². The van der Waals surface area contributed by atoms with Gasteiger partial charge in [-0.15, -0.1) is 0 Å². The van der Waals surface area contributed by atoms with Crippen LogP contribution in [-0.4, -0.2) is 37.6 Å². The molecule has 1 aliphatic heterocycles. The van der Waals surface area contributed by atoms with Gasteiger partial charge in [-0.3, -0.25) is 0 Å². The highest BCUT2D eigenvalue weighted by Crippen LogP contribution is 2.08. The molecule has 2 heteroatoms. The summed E-state index contributed by atoms with van der Waals surface area (Å²) in [5.41, 5.74) is 0. The van der Waals surface area contributed by atoms with Gasteiger partial charge in [-0.05, 0) is 52.7 Å². The van der Waals surface area contributed by atoms with E-state index in [1.807, 2.05) is 0 Å². The predicted octanol–water partition coefficient (Wildman–Crippen LogP) is 2.03. The largest absolute Gasteiger partial charge is 0.314 e. The zero-order chi connectivity index (χ0) is 10.2. The summed E-state index contributed by atoms with van der Waals surface area (Å²) in [6.45, 7) is 5.74. The zero-order valence-corrected chi connectivity index (χ0v) is 9.63. The standard InChI is InChI=1S/C12H24N2/c1-3-4-5-10-14(2)11-8-12-7-6-9-13-12/h3-4,12-13H,5-11H2,1-2H3/b4-3+. The maximum atomic E-state index is 3.54. The Balaban J connectivity index is 1.99. The monoisotopic (exact) mass is 196 g/mol. The Hall–Kier alpha value is -0.340. The van der Waals surface area contributed by atoms with E-state index >= 15 is 0 Å². The normalized spacial score (nSPS) is 22.6. The minimum atomic E-state index is 0.791. The summed E-state index contributed by atoms with van der Waals surface area (Å²) in [5.74, 6) is 0. The van der Waals surface area contributed by atoms with Crippen molar-refractivity contribution in [3.8, 4) is 0 Å². The first-order valence-corrected chi connectivity index (χ1v) is 5.86. The van der Waals surface area contributed by atoms with Crippen LogP contribution in [0.4, 0.5) is 0 Å². The van der Waals surface area contributed by atoms with E-state index in [0.29, 0.717) is 0 Å². The molecule has 0 aromatic rings. The van der Waals surface area contributed by atoms with Crippen molar-refractivity contribution in [2.45, 2.75) is 38.6 Å². The second-order valence-corrected chi connectivity index (χ2v) is 4.24. The highest BCUT2D eigenvalue weighted by atomic mass is 15.1. The van der Waals surface area contributed by atoms with Crippen LogP contribution in [0.1, 0.15) is 32.6 Å². The van der Waals surface area contributed by atoms with Crippen LogP contribution in [0.15, 0.2) is 12.2 Å². The molecular weight excluding hydrogens is 172 g/mol. The molecular formula is C12H24N2. The third-order valence-electron chi connectivity index (χ3n) is 2.93. The van der Waals surface area contributed by atoms with Crippen LogP contribution in [0.5, 0.6) is 0 Å². The summed E-state index contributed by atoms with van der Waals surface area (Å²) in [4.78, 5) is 2.43. The first-order valence-electron chi connectivity index (χ1n) is 5.86. The minimum Gasteiger partial charge on any atom is -0.314 e. The summed E-state index contributed by atoms with van der Waals surface area (Å²) in [7, 11) is 2.22. The average Bonchev–Trinajstić information content (AvgIpc) is 2.68. The van der Waals surface area contributed by atoms with Gasteiger partial charge < -0.3 is 10.2 Å². The Morgan fingerprint density at radius 1 is 1.43 bits per heavy atom. The molecule has 2 nitrogen and oxygen atoms in total. The molecule has 1 fully saturated rings. The molecule has 0 amide bonds. The molecule has 0 aliphatic carbocycles. The number of hydrogen-bond donors (Lipinski definition) is 1. The highest BCUT2D eigenvalue weighted by molar-refractivity contribution is 4.79. The molecule has 1 rings (SSSR count). The van der Waals surface area contributed by atoms with E-state index in [4.69, 9.17) is 0 Å². The first-order chi connectivity index (χ1) is 6.83. The van der Waals surface area contributed by atoms with Crippen LogP contribution < -0.4 is 5.32 Å². The molecule has 0 radical (unpaired) electrons. The molecule has 0 bridgehead atoms. The molecule has 0 spiro atoms. The fourth-order valence-corrected chi connectivity index (χ4v) is 1.95. The zero-order valence-electron chi connectivity index (χ0n) is 9.63. The first kappa shape index (κ1) is 11.7. The molecule has 1 atom stereocenters. The molecule has 0 saturated carbocycles. The van der Waals surface area contributed by atoms with Gasteiger partial charge in [0.05, 0.1) is 0 Å². The van der Waals surface area contributed by atoms with Crippen LogP contribution >= 0.6 is 0 Å². The molecule has 1 aliphatic rings. The lowest BCUT2D eigenvalue weighted by Crippen LogP contribution is -2.28. The molecule has 1 saturated heterocycles. The number of rotatable bonds is 6. The van der Waals surface area contributed by atoms with E-state index in [1.54, 1.807) is 0 Å². The number of allylic oxidation sites excluding steroid dienone is 1. The molecule has 1 unspecified atom stereocenters. The van der Waals surface area contributed by atoms with Crippen LogP contribution in [0.25, 0.3) is 0 Å². The quantitative estimate of drug-likeness (QED) is 0.654. The highest BCUT2D eigenvalue weighted by Gasteiger charge is 2.13. The molecule has 0 aromatic heterocycles. The summed E-state index contributed by atoms with van der Waals surface area (Å²) >= 11 is 0. The number of hydrogen-bond acceptors (Lipinski definition) is 2. The second-order valence-electron chi connectivity index (χ2n) is 4.24. The maximum absolute atomic E-state index is 3.54. The Labute approximate surface area is 88.4 Å². The van der Waals surface area contributed by atoms with E-state index < -0.39 is 0 Å². The minimum absolute atomic E-state index is 0.791. The van der Waals surface area contributed by atoms with Gasteiger partial charge in [-0.2, -0.15) is 0 Å². The second kappa shape index (κ2) is 7.02. The predicted molar refractivity (Wildman–Crippen MR) is 62.6 cm³/mol. The van der Waals surface area contributed by atoms with E-state index in [0.717, 1.165) is 6.04 Å². The molecule has 14 heavy (non-hydrogen) atoms. The van der Waals surface area contributed by atoms with Gasteiger partial charge in [-0.25, -0.2) is 0 Å². The van der Waals surface area contributed by atoms with Crippen molar-refractivity contribution < 1.29 is 0 Å². The Kier molecular flexibility index (Phi) is 5.88. The lowest BCUT2D eigenvalue weighted by atomic mass is 10.1. The summed E-state index contributed by atoms with van der Waals surface area (Å²) in [6.07, 6.45) is 9.61. The van der Waals surface area contributed by atoms with Gasteiger partial charge in [-0.1, -0.05) is 12.2 Å². The number of nitrogens with one attached hydrogen (secondary N) is 1. The van der Waals surface area contributed by atoms with Crippen molar-refractivity contribution in [2.24, 2.45) is 0 Å². The van der Waals surface area contributed by atoms with Crippen LogP contribution in [0, 0.1) is 0 Å². The third kappa shape index (κ3) is 4.77. The fourth-order valence-electron chi connectivity index (χ4n) is 1.95. The topological polar surface area (TPSA) is 15.3 Å². The van der Waals surface area contributed by atoms with E-state index in [9.17, 15) is 0 Å². The van der Waals surface area contributed by atoms with Crippen LogP contribution in [0.2, 0.25) is 0 Å². The molecule has 82 valence electrons. The van der Waals surface area contributed by atoms with Crippen molar-refractivity contribution >= 4 is 0 Å². The SMILES string of the molecule is C/C=C/CCN(C)CCC1CCCN1. The van der Waals surface area contributed by atoms with Crippen molar-refractivity contribution in [1.29, 1.82) is 0 Å². The van der Waals surface area contributed by atoms with Crippen molar-refractivity contribution in [3.05, 3.63) is 12.2 Å². The van der Waals surface area contributed by atoms with Crippen molar-refractivity contribution in [3.63, 3.8) is 0 Å². The maximum Gasteiger partial charge on any atom is 0.00797 e. The summed E-state index contributed by atoms with van der Waals surface area (Å²) < 4.78 is 0. The molecule has 0 aromatic carbocycles. The molecule has 1 N–H and O–H groups in total. The van der Waals surface area contributed by atoms with Crippen molar-refractivity contribution in [2.75, 3.05) is 26.7 Å². The van der Waals surface area contributed by atoms with Gasteiger partial charge in [0.15, 0.2) is 0 Å². The van der Waals surface area contributed by atoms with Crippen LogP contribution in [0.3, 0.4) is 0 Å². The van der Waals surface area contributed by atoms with Gasteiger partial charge >= 0.3 is 0 Å². The van der Waals surface area contributed by atoms with Gasteiger partial charge in [0.1, 0.15) is 0 Å². The third-order valence-corrected chi connectivity index (χ3v) is 2.93. The Morgan fingerprint density at radius 2 is 2.29 bits per heavy atom. The number of nitrogens with zero attached hydrogens (tertiary/aromatic N) is 1. The van der Waals surface area contributed by atoms with Gasteiger partial charge in [0.25, 0.3) is 0 Å². The van der Waals surface area contributed by atoms with Crippen molar-refractivity contribution in [1.82, 2.24) is 10.2 Å². The van der Waals surface area contributed by atoms with Gasteiger partial charge in [0, 0.05) is 12.6 Å². The summed E-state index contributed by atoms with van der Waals surface area (Å²) in [5, 5.41) is 3.54.